The zero-order chi connectivity index (χ0) is 20.3. The van der Waals surface area contributed by atoms with Gasteiger partial charge in [0.25, 0.3) is 10.9 Å². The van der Waals surface area contributed by atoms with E-state index in [-0.39, 0.29) is 11.9 Å². The van der Waals surface area contributed by atoms with Crippen LogP contribution in [0.15, 0.2) is 33.9 Å². The quantitative estimate of drug-likeness (QED) is 0.574. The Hall–Kier alpha value is -2.83. The topological polar surface area (TPSA) is 79.0 Å². The fraction of sp³-hybridized carbons (Fsp3) is 0.476. The molecule has 0 atom stereocenters. The predicted molar refractivity (Wildman–Crippen MR) is 111 cm³/mol. The molecule has 2 aromatic rings. The lowest BCUT2D eigenvalue weighted by Gasteiger charge is -2.34. The molecule has 0 spiro atoms. The van der Waals surface area contributed by atoms with Gasteiger partial charge < -0.3 is 19.9 Å². The van der Waals surface area contributed by atoms with Crippen LogP contribution in [0.4, 0.5) is 17.1 Å². The maximum absolute atomic E-state index is 12.1. The zero-order valence-corrected chi connectivity index (χ0v) is 16.7. The molecule has 1 N–H and O–H groups in total. The molecule has 0 radical (unpaired) electrons. The van der Waals surface area contributed by atoms with E-state index in [0.29, 0.717) is 50.5 Å². The summed E-state index contributed by atoms with van der Waals surface area (Å²) in [5, 5.41) is 3.13. The highest BCUT2D eigenvalue weighted by Crippen LogP contribution is 2.27. The second-order valence-corrected chi connectivity index (χ2v) is 7.31. The van der Waals surface area contributed by atoms with Crippen LogP contribution in [0, 0.1) is 5.92 Å². The molecule has 1 fully saturated rings. The molecule has 0 bridgehead atoms. The Labute approximate surface area is 164 Å². The number of piperidine rings is 1. The minimum absolute atomic E-state index is 0.130. The van der Waals surface area contributed by atoms with Gasteiger partial charge in [-0.15, -0.1) is 0 Å². The van der Waals surface area contributed by atoms with Crippen molar-refractivity contribution in [1.29, 1.82) is 0 Å². The molecular formula is C21H27N3O4. The van der Waals surface area contributed by atoms with Gasteiger partial charge >= 0.3 is 5.97 Å². The number of rotatable bonds is 7. The molecule has 0 aliphatic carbocycles. The van der Waals surface area contributed by atoms with Gasteiger partial charge in [0.1, 0.15) is 11.4 Å². The zero-order valence-electron chi connectivity index (χ0n) is 16.7. The predicted octanol–water partition coefficient (Wildman–Crippen LogP) is 1.74. The van der Waals surface area contributed by atoms with Crippen LogP contribution in [0.25, 0.3) is 0 Å². The van der Waals surface area contributed by atoms with Crippen molar-refractivity contribution in [2.24, 2.45) is 5.92 Å². The van der Waals surface area contributed by atoms with Crippen LogP contribution in [-0.2, 0) is 16.1 Å². The van der Waals surface area contributed by atoms with Crippen molar-refractivity contribution >= 4 is 23.0 Å². The van der Waals surface area contributed by atoms with Crippen molar-refractivity contribution in [2.45, 2.75) is 26.3 Å². The third kappa shape index (κ3) is 4.03. The van der Waals surface area contributed by atoms with Crippen LogP contribution >= 0.6 is 0 Å². The molecular weight excluding hydrogens is 358 g/mol. The van der Waals surface area contributed by atoms with Gasteiger partial charge in [0.05, 0.1) is 12.5 Å². The molecule has 1 saturated heterocycles. The molecule has 28 heavy (non-hydrogen) atoms. The number of nitrogens with zero attached hydrogens (tertiary/aromatic N) is 2. The maximum atomic E-state index is 12.1. The monoisotopic (exact) mass is 385 g/mol. The molecule has 1 aliphatic rings. The van der Waals surface area contributed by atoms with Crippen molar-refractivity contribution in [3.63, 3.8) is 0 Å². The number of hydrogen-bond donors (Lipinski definition) is 1. The SMILES string of the molecule is CCOC(=O)C1CCN(c2c(NCc3ccc(N(C)C)cc3)c(=O)c2=O)CC1. The second kappa shape index (κ2) is 8.46. The Morgan fingerprint density at radius 1 is 1.14 bits per heavy atom. The van der Waals surface area contributed by atoms with Crippen LogP contribution in [0.2, 0.25) is 0 Å². The molecule has 0 aromatic heterocycles. The third-order valence-corrected chi connectivity index (χ3v) is 5.24. The van der Waals surface area contributed by atoms with Gasteiger partial charge in [0, 0.05) is 39.4 Å². The van der Waals surface area contributed by atoms with Gasteiger partial charge in [0.2, 0.25) is 0 Å². The number of benzene rings is 1. The van der Waals surface area contributed by atoms with Crippen LogP contribution in [0.3, 0.4) is 0 Å². The van der Waals surface area contributed by atoms with Crippen LogP contribution in [-0.4, -0.2) is 39.8 Å². The summed E-state index contributed by atoms with van der Waals surface area (Å²) < 4.78 is 5.08. The molecule has 0 unspecified atom stereocenters. The molecule has 3 rings (SSSR count). The molecule has 1 aliphatic heterocycles. The minimum atomic E-state index is -0.465. The first-order chi connectivity index (χ1) is 13.4. The molecule has 150 valence electrons. The van der Waals surface area contributed by atoms with E-state index in [9.17, 15) is 14.4 Å². The number of esters is 1. The van der Waals surface area contributed by atoms with E-state index in [1.54, 1.807) is 6.92 Å². The summed E-state index contributed by atoms with van der Waals surface area (Å²) in [6.45, 7) is 3.79. The van der Waals surface area contributed by atoms with Crippen molar-refractivity contribution in [1.82, 2.24) is 0 Å². The standard InChI is InChI=1S/C21H27N3O4/c1-4-28-21(27)15-9-11-24(12-10-15)18-17(19(25)20(18)26)22-13-14-5-7-16(8-6-14)23(2)3/h5-8,15,22H,4,9-13H2,1-3H3. The van der Waals surface area contributed by atoms with Crippen molar-refractivity contribution in [3.05, 3.63) is 50.3 Å². The second-order valence-electron chi connectivity index (χ2n) is 7.31. The van der Waals surface area contributed by atoms with Crippen molar-refractivity contribution in [2.75, 3.05) is 48.9 Å². The number of nitrogens with one attached hydrogen (secondary N) is 1. The lowest BCUT2D eigenvalue weighted by atomic mass is 9.96. The highest BCUT2D eigenvalue weighted by Gasteiger charge is 2.31. The largest absolute Gasteiger partial charge is 0.466 e. The van der Waals surface area contributed by atoms with E-state index in [1.807, 2.05) is 48.2 Å². The van der Waals surface area contributed by atoms with E-state index in [2.05, 4.69) is 5.32 Å². The lowest BCUT2D eigenvalue weighted by molar-refractivity contribution is -0.148. The van der Waals surface area contributed by atoms with Gasteiger partial charge in [-0.25, -0.2) is 0 Å². The van der Waals surface area contributed by atoms with Gasteiger partial charge in [-0.05, 0) is 37.5 Å². The number of anilines is 3. The Bertz CT molecular complexity index is 889. The average Bonchev–Trinajstić information content (AvgIpc) is 2.71. The van der Waals surface area contributed by atoms with Crippen LogP contribution in [0.5, 0.6) is 0 Å². The third-order valence-electron chi connectivity index (χ3n) is 5.24. The van der Waals surface area contributed by atoms with E-state index < -0.39 is 10.9 Å². The summed E-state index contributed by atoms with van der Waals surface area (Å²) in [4.78, 5) is 40.0. The fourth-order valence-corrected chi connectivity index (χ4v) is 3.55. The van der Waals surface area contributed by atoms with E-state index >= 15 is 0 Å². The smallest absolute Gasteiger partial charge is 0.309 e. The Morgan fingerprint density at radius 3 is 2.36 bits per heavy atom. The Kier molecular flexibility index (Phi) is 6.02. The van der Waals surface area contributed by atoms with Gasteiger partial charge in [-0.2, -0.15) is 0 Å². The number of hydrogen-bond acceptors (Lipinski definition) is 7. The van der Waals surface area contributed by atoms with Crippen molar-refractivity contribution < 1.29 is 9.53 Å². The van der Waals surface area contributed by atoms with E-state index in [4.69, 9.17) is 4.74 Å². The van der Waals surface area contributed by atoms with Gasteiger partial charge in [0.15, 0.2) is 0 Å². The summed E-state index contributed by atoms with van der Waals surface area (Å²) in [5.41, 5.74) is 2.06. The average molecular weight is 385 g/mol. The first kappa shape index (κ1) is 19.9. The minimum Gasteiger partial charge on any atom is -0.466 e. The molecule has 0 saturated carbocycles. The first-order valence-corrected chi connectivity index (χ1v) is 9.67. The number of ether oxygens (including phenoxy) is 1. The number of carbonyl (C=O) groups excluding carboxylic acids is 1. The van der Waals surface area contributed by atoms with E-state index in [0.717, 1.165) is 11.3 Å². The summed E-state index contributed by atoms with van der Waals surface area (Å²) in [5.74, 6) is -0.305. The Morgan fingerprint density at radius 2 is 1.79 bits per heavy atom. The first-order valence-electron chi connectivity index (χ1n) is 9.67. The van der Waals surface area contributed by atoms with Crippen LogP contribution in [0.1, 0.15) is 25.3 Å². The summed E-state index contributed by atoms with van der Waals surface area (Å²) in [6, 6.07) is 8.02. The highest BCUT2D eigenvalue weighted by atomic mass is 16.5. The van der Waals surface area contributed by atoms with Crippen LogP contribution < -0.4 is 26.0 Å². The molecule has 7 nitrogen and oxygen atoms in total. The molecule has 1 heterocycles. The molecule has 0 amide bonds. The van der Waals surface area contributed by atoms with Gasteiger partial charge in [-0.3, -0.25) is 14.4 Å². The number of carbonyl (C=O) groups is 1. The maximum Gasteiger partial charge on any atom is 0.309 e. The molecule has 7 heteroatoms. The normalized spacial score (nSPS) is 14.9. The van der Waals surface area contributed by atoms with Crippen molar-refractivity contribution in [3.8, 4) is 0 Å². The summed E-state index contributed by atoms with van der Waals surface area (Å²) in [6.07, 6.45) is 1.26. The summed E-state index contributed by atoms with van der Waals surface area (Å²) in [7, 11) is 3.96. The highest BCUT2D eigenvalue weighted by molar-refractivity contribution is 5.76. The fourth-order valence-electron chi connectivity index (χ4n) is 3.55. The Balaban J connectivity index is 1.63. The summed E-state index contributed by atoms with van der Waals surface area (Å²) >= 11 is 0. The van der Waals surface area contributed by atoms with E-state index in [1.165, 1.54) is 0 Å². The molecule has 2 aromatic carbocycles. The van der Waals surface area contributed by atoms with Gasteiger partial charge in [-0.1, -0.05) is 12.1 Å². The lowest BCUT2D eigenvalue weighted by Crippen LogP contribution is -2.46.